The standard InChI is InChI=1S/C12H17BrN4O/c13-9-5-11(7-15-6-9)16-10-1-3-17(4-2-10)8-12(14)18/h5-7,10,16H,1-4,8H2,(H2,14,18). The quantitative estimate of drug-likeness (QED) is 0.876. The van der Waals surface area contributed by atoms with Gasteiger partial charge in [0.1, 0.15) is 0 Å². The van der Waals surface area contributed by atoms with Crippen LogP contribution < -0.4 is 11.1 Å². The van der Waals surface area contributed by atoms with Gasteiger partial charge in [0, 0.05) is 29.8 Å². The van der Waals surface area contributed by atoms with Crippen molar-refractivity contribution in [1.29, 1.82) is 0 Å². The predicted octanol–water partition coefficient (Wildman–Crippen LogP) is 1.21. The number of hydrogen-bond donors (Lipinski definition) is 2. The first-order chi connectivity index (χ1) is 8.63. The number of piperidine rings is 1. The van der Waals surface area contributed by atoms with Crippen molar-refractivity contribution in [2.24, 2.45) is 5.73 Å². The highest BCUT2D eigenvalue weighted by Gasteiger charge is 2.19. The lowest BCUT2D eigenvalue weighted by molar-refractivity contribution is -0.119. The zero-order valence-electron chi connectivity index (χ0n) is 10.1. The van der Waals surface area contributed by atoms with Crippen LogP contribution in [0.5, 0.6) is 0 Å². The Balaban J connectivity index is 1.81. The van der Waals surface area contributed by atoms with E-state index in [4.69, 9.17) is 5.73 Å². The average molecular weight is 313 g/mol. The first kappa shape index (κ1) is 13.3. The fourth-order valence-corrected chi connectivity index (χ4v) is 2.55. The molecule has 1 aliphatic rings. The van der Waals surface area contributed by atoms with E-state index in [1.54, 1.807) is 6.20 Å². The zero-order chi connectivity index (χ0) is 13.0. The summed E-state index contributed by atoms with van der Waals surface area (Å²) in [5, 5.41) is 3.46. The molecule has 0 aromatic carbocycles. The highest BCUT2D eigenvalue weighted by molar-refractivity contribution is 9.10. The van der Waals surface area contributed by atoms with E-state index in [9.17, 15) is 4.79 Å². The summed E-state index contributed by atoms with van der Waals surface area (Å²) >= 11 is 3.40. The Kier molecular flexibility index (Phi) is 4.54. The van der Waals surface area contributed by atoms with Crippen LogP contribution in [0.4, 0.5) is 5.69 Å². The molecule has 0 atom stereocenters. The number of likely N-dealkylation sites (tertiary alicyclic amines) is 1. The van der Waals surface area contributed by atoms with Crippen molar-refractivity contribution in [2.75, 3.05) is 25.0 Å². The predicted molar refractivity (Wildman–Crippen MR) is 74.2 cm³/mol. The molecule has 1 aromatic heterocycles. The van der Waals surface area contributed by atoms with E-state index < -0.39 is 0 Å². The van der Waals surface area contributed by atoms with Crippen molar-refractivity contribution in [2.45, 2.75) is 18.9 Å². The van der Waals surface area contributed by atoms with Crippen molar-refractivity contribution < 1.29 is 4.79 Å². The van der Waals surface area contributed by atoms with Crippen LogP contribution >= 0.6 is 15.9 Å². The second kappa shape index (κ2) is 6.15. The maximum absolute atomic E-state index is 10.8. The molecule has 0 spiro atoms. The summed E-state index contributed by atoms with van der Waals surface area (Å²) in [6.07, 6.45) is 5.61. The van der Waals surface area contributed by atoms with E-state index >= 15 is 0 Å². The number of rotatable bonds is 4. The van der Waals surface area contributed by atoms with Crippen molar-refractivity contribution in [3.8, 4) is 0 Å². The number of anilines is 1. The van der Waals surface area contributed by atoms with Gasteiger partial charge in [0.05, 0.1) is 18.4 Å². The van der Waals surface area contributed by atoms with E-state index in [2.05, 4.69) is 31.1 Å². The van der Waals surface area contributed by atoms with Crippen LogP contribution in [-0.2, 0) is 4.79 Å². The van der Waals surface area contributed by atoms with E-state index in [-0.39, 0.29) is 5.91 Å². The van der Waals surface area contributed by atoms with Gasteiger partial charge in [-0.3, -0.25) is 14.7 Å². The number of nitrogens with two attached hydrogens (primary N) is 1. The van der Waals surface area contributed by atoms with Crippen molar-refractivity contribution in [3.05, 3.63) is 22.9 Å². The van der Waals surface area contributed by atoms with Gasteiger partial charge in [-0.05, 0) is 34.8 Å². The third-order valence-electron chi connectivity index (χ3n) is 3.04. The maximum Gasteiger partial charge on any atom is 0.231 e. The number of aromatic nitrogens is 1. The number of hydrogen-bond acceptors (Lipinski definition) is 4. The summed E-state index contributed by atoms with van der Waals surface area (Å²) in [7, 11) is 0. The third kappa shape index (κ3) is 3.96. The number of halogens is 1. The zero-order valence-corrected chi connectivity index (χ0v) is 11.7. The summed E-state index contributed by atoms with van der Waals surface area (Å²) in [6, 6.07) is 2.45. The van der Waals surface area contributed by atoms with Crippen LogP contribution in [0.3, 0.4) is 0 Å². The molecule has 2 heterocycles. The van der Waals surface area contributed by atoms with Crippen LogP contribution in [-0.4, -0.2) is 41.5 Å². The Morgan fingerprint density at radius 2 is 2.22 bits per heavy atom. The summed E-state index contributed by atoms with van der Waals surface area (Å²) in [6.45, 7) is 2.18. The fourth-order valence-electron chi connectivity index (χ4n) is 2.18. The molecule has 1 aliphatic heterocycles. The Morgan fingerprint density at radius 3 is 2.83 bits per heavy atom. The summed E-state index contributed by atoms with van der Waals surface area (Å²) < 4.78 is 0.971. The number of nitrogens with zero attached hydrogens (tertiary/aromatic N) is 2. The highest BCUT2D eigenvalue weighted by atomic mass is 79.9. The number of primary amides is 1. The topological polar surface area (TPSA) is 71.2 Å². The molecule has 3 N–H and O–H groups in total. The SMILES string of the molecule is NC(=O)CN1CCC(Nc2cncc(Br)c2)CC1. The van der Waals surface area contributed by atoms with Gasteiger partial charge in [-0.2, -0.15) is 0 Å². The van der Waals surface area contributed by atoms with Gasteiger partial charge in [0.2, 0.25) is 5.91 Å². The van der Waals surface area contributed by atoms with Gasteiger partial charge >= 0.3 is 0 Å². The summed E-state index contributed by atoms with van der Waals surface area (Å²) in [5.74, 6) is -0.252. The second-order valence-electron chi connectivity index (χ2n) is 4.55. The molecule has 1 fully saturated rings. The molecule has 98 valence electrons. The first-order valence-electron chi connectivity index (χ1n) is 6.01. The van der Waals surface area contributed by atoms with Crippen molar-refractivity contribution in [3.63, 3.8) is 0 Å². The van der Waals surface area contributed by atoms with Gasteiger partial charge in [-0.15, -0.1) is 0 Å². The largest absolute Gasteiger partial charge is 0.381 e. The molecule has 1 aromatic rings. The van der Waals surface area contributed by atoms with E-state index in [0.29, 0.717) is 12.6 Å². The minimum atomic E-state index is -0.252. The number of pyridine rings is 1. The van der Waals surface area contributed by atoms with Crippen LogP contribution in [0.25, 0.3) is 0 Å². The van der Waals surface area contributed by atoms with Gasteiger partial charge < -0.3 is 11.1 Å². The molecule has 0 aliphatic carbocycles. The summed E-state index contributed by atoms with van der Waals surface area (Å²) in [5.41, 5.74) is 6.21. The molecule has 0 radical (unpaired) electrons. The number of carbonyl (C=O) groups excluding carboxylic acids is 1. The molecule has 6 heteroatoms. The second-order valence-corrected chi connectivity index (χ2v) is 5.47. The monoisotopic (exact) mass is 312 g/mol. The third-order valence-corrected chi connectivity index (χ3v) is 3.48. The summed E-state index contributed by atoms with van der Waals surface area (Å²) in [4.78, 5) is 17.0. The molecular formula is C12H17BrN4O. The van der Waals surface area contributed by atoms with Gasteiger partial charge in [-0.25, -0.2) is 0 Å². The van der Waals surface area contributed by atoms with Crippen LogP contribution in [0.15, 0.2) is 22.9 Å². The number of carbonyl (C=O) groups is 1. The van der Waals surface area contributed by atoms with Crippen LogP contribution in [0.1, 0.15) is 12.8 Å². The molecule has 2 rings (SSSR count). The molecule has 0 bridgehead atoms. The Bertz CT molecular complexity index is 418. The van der Waals surface area contributed by atoms with E-state index in [1.807, 2.05) is 12.3 Å². The highest BCUT2D eigenvalue weighted by Crippen LogP contribution is 2.18. The molecule has 0 unspecified atom stereocenters. The number of amides is 1. The molecule has 18 heavy (non-hydrogen) atoms. The van der Waals surface area contributed by atoms with Crippen molar-refractivity contribution in [1.82, 2.24) is 9.88 Å². The van der Waals surface area contributed by atoms with E-state index in [1.165, 1.54) is 0 Å². The first-order valence-corrected chi connectivity index (χ1v) is 6.80. The lowest BCUT2D eigenvalue weighted by Gasteiger charge is -2.31. The Labute approximate surface area is 115 Å². The van der Waals surface area contributed by atoms with Crippen LogP contribution in [0, 0.1) is 0 Å². The lowest BCUT2D eigenvalue weighted by Crippen LogP contribution is -2.42. The molecule has 0 saturated carbocycles. The Hall–Kier alpha value is -1.14. The smallest absolute Gasteiger partial charge is 0.231 e. The van der Waals surface area contributed by atoms with E-state index in [0.717, 1.165) is 36.1 Å². The maximum atomic E-state index is 10.8. The number of nitrogens with one attached hydrogen (secondary N) is 1. The molecule has 1 amide bonds. The molecule has 5 nitrogen and oxygen atoms in total. The fraction of sp³-hybridized carbons (Fsp3) is 0.500. The molecular weight excluding hydrogens is 296 g/mol. The van der Waals surface area contributed by atoms with Crippen molar-refractivity contribution >= 4 is 27.5 Å². The minimum Gasteiger partial charge on any atom is -0.381 e. The van der Waals surface area contributed by atoms with Crippen LogP contribution in [0.2, 0.25) is 0 Å². The van der Waals surface area contributed by atoms with Gasteiger partial charge in [0.25, 0.3) is 0 Å². The normalized spacial score (nSPS) is 17.6. The molecule has 1 saturated heterocycles. The lowest BCUT2D eigenvalue weighted by atomic mass is 10.0. The van der Waals surface area contributed by atoms with Gasteiger partial charge in [-0.1, -0.05) is 0 Å². The Morgan fingerprint density at radius 1 is 1.50 bits per heavy atom. The van der Waals surface area contributed by atoms with Gasteiger partial charge in [0.15, 0.2) is 0 Å². The minimum absolute atomic E-state index is 0.252. The average Bonchev–Trinajstić information content (AvgIpc) is 2.31.